The van der Waals surface area contributed by atoms with Crippen LogP contribution in [0.4, 0.5) is 17.3 Å². The highest BCUT2D eigenvalue weighted by Crippen LogP contribution is 2.27. The summed E-state index contributed by atoms with van der Waals surface area (Å²) < 4.78 is 0. The van der Waals surface area contributed by atoms with Gasteiger partial charge in [0.05, 0.1) is 23.5 Å². The van der Waals surface area contributed by atoms with E-state index in [1.54, 1.807) is 42.6 Å². The number of carbonyl (C=O) groups is 1. The Bertz CT molecular complexity index is 1280. The Labute approximate surface area is 177 Å². The van der Waals surface area contributed by atoms with E-state index in [-0.39, 0.29) is 11.5 Å². The van der Waals surface area contributed by atoms with Crippen molar-refractivity contribution >= 4 is 34.0 Å². The molecule has 156 valence electrons. The van der Waals surface area contributed by atoms with E-state index in [1.807, 2.05) is 6.92 Å². The molecule has 0 fully saturated rings. The summed E-state index contributed by atoms with van der Waals surface area (Å²) in [5, 5.41) is 7.14. The van der Waals surface area contributed by atoms with Crippen LogP contribution < -0.4 is 21.9 Å². The molecule has 0 aliphatic rings. The topological polar surface area (TPSA) is 139 Å². The Kier molecular flexibility index (Phi) is 5.57. The number of hydrogen-bond donors (Lipinski definition) is 4. The van der Waals surface area contributed by atoms with Crippen LogP contribution in [-0.4, -0.2) is 32.4 Å². The van der Waals surface area contributed by atoms with Crippen LogP contribution in [0.3, 0.4) is 0 Å². The fraction of sp³-hybridized carbons (Fsp3) is 0.136. The lowest BCUT2D eigenvalue weighted by Gasteiger charge is -2.11. The molecule has 1 aromatic carbocycles. The van der Waals surface area contributed by atoms with Gasteiger partial charge in [0, 0.05) is 24.0 Å². The molecule has 0 aliphatic carbocycles. The lowest BCUT2D eigenvalue weighted by atomic mass is 10.1. The standard InChI is InChI=1S/C22H21N7O2/c1-2-8-24-21(30)13-3-5-15(6-4-13)28-20-19-14(7-9-25-22(19)31)10-16(29-20)17-11-27-18(23)12-26-17/h3-7,9-12H,2,8H2,1H3,(H2,23,27)(H,24,30)(H,25,31)(H,28,29). The van der Waals surface area contributed by atoms with Crippen molar-refractivity contribution in [1.82, 2.24) is 25.3 Å². The number of nitrogens with zero attached hydrogens (tertiary/aromatic N) is 3. The van der Waals surface area contributed by atoms with E-state index in [1.165, 1.54) is 12.4 Å². The summed E-state index contributed by atoms with van der Waals surface area (Å²) >= 11 is 0. The quantitative estimate of drug-likeness (QED) is 0.380. The van der Waals surface area contributed by atoms with Gasteiger partial charge in [-0.1, -0.05) is 6.92 Å². The van der Waals surface area contributed by atoms with Gasteiger partial charge in [-0.15, -0.1) is 0 Å². The average Bonchev–Trinajstić information content (AvgIpc) is 2.78. The lowest BCUT2D eigenvalue weighted by molar-refractivity contribution is 0.0953. The van der Waals surface area contributed by atoms with Gasteiger partial charge in [0.1, 0.15) is 17.3 Å². The van der Waals surface area contributed by atoms with Crippen molar-refractivity contribution < 1.29 is 4.79 Å². The maximum Gasteiger partial charge on any atom is 0.259 e. The first kappa shape index (κ1) is 20.0. The normalized spacial score (nSPS) is 10.7. The third kappa shape index (κ3) is 4.35. The third-order valence-corrected chi connectivity index (χ3v) is 4.63. The first-order chi connectivity index (χ1) is 15.0. The van der Waals surface area contributed by atoms with E-state index >= 15 is 0 Å². The number of rotatable bonds is 6. The van der Waals surface area contributed by atoms with Crippen LogP contribution in [0.2, 0.25) is 0 Å². The minimum atomic E-state index is -0.266. The molecular weight excluding hydrogens is 394 g/mol. The monoisotopic (exact) mass is 415 g/mol. The molecular formula is C22H21N7O2. The highest BCUT2D eigenvalue weighted by Gasteiger charge is 2.13. The van der Waals surface area contributed by atoms with Gasteiger partial charge in [-0.25, -0.2) is 15.0 Å². The van der Waals surface area contributed by atoms with Crippen molar-refractivity contribution in [3.05, 3.63) is 70.9 Å². The second-order valence-electron chi connectivity index (χ2n) is 6.91. The zero-order valence-electron chi connectivity index (χ0n) is 16.8. The molecule has 0 aliphatic heterocycles. The molecule has 0 saturated heterocycles. The Morgan fingerprint density at radius 1 is 1.10 bits per heavy atom. The highest BCUT2D eigenvalue weighted by atomic mass is 16.1. The van der Waals surface area contributed by atoms with E-state index in [2.05, 4.69) is 30.6 Å². The molecule has 0 radical (unpaired) electrons. The number of benzene rings is 1. The van der Waals surface area contributed by atoms with Crippen molar-refractivity contribution in [3.8, 4) is 11.4 Å². The number of aromatic amines is 1. The Morgan fingerprint density at radius 2 is 1.90 bits per heavy atom. The van der Waals surface area contributed by atoms with Crippen LogP contribution in [0, 0.1) is 0 Å². The third-order valence-electron chi connectivity index (χ3n) is 4.63. The van der Waals surface area contributed by atoms with Crippen molar-refractivity contribution in [3.63, 3.8) is 0 Å². The number of nitrogens with one attached hydrogen (secondary N) is 3. The van der Waals surface area contributed by atoms with Gasteiger partial charge in [0.2, 0.25) is 0 Å². The summed E-state index contributed by atoms with van der Waals surface area (Å²) in [6.45, 7) is 2.62. The first-order valence-electron chi connectivity index (χ1n) is 9.81. The van der Waals surface area contributed by atoms with Gasteiger partial charge < -0.3 is 21.4 Å². The molecule has 4 rings (SSSR count). The van der Waals surface area contributed by atoms with Crippen molar-refractivity contribution in [2.75, 3.05) is 17.6 Å². The number of nitrogens with two attached hydrogens (primary N) is 1. The summed E-state index contributed by atoms with van der Waals surface area (Å²) in [5.41, 5.74) is 7.68. The number of hydrogen-bond acceptors (Lipinski definition) is 7. The fourth-order valence-corrected chi connectivity index (χ4v) is 3.09. The Hall–Kier alpha value is -4.27. The van der Waals surface area contributed by atoms with Crippen molar-refractivity contribution in [2.24, 2.45) is 0 Å². The number of nitrogen functional groups attached to an aromatic ring is 1. The summed E-state index contributed by atoms with van der Waals surface area (Å²) in [7, 11) is 0. The molecule has 31 heavy (non-hydrogen) atoms. The van der Waals surface area contributed by atoms with E-state index in [9.17, 15) is 9.59 Å². The van der Waals surface area contributed by atoms with Crippen molar-refractivity contribution in [2.45, 2.75) is 13.3 Å². The predicted molar refractivity (Wildman–Crippen MR) is 120 cm³/mol. The molecule has 0 unspecified atom stereocenters. The van der Waals surface area contributed by atoms with Crippen LogP contribution in [-0.2, 0) is 0 Å². The Morgan fingerprint density at radius 3 is 2.61 bits per heavy atom. The molecule has 0 bridgehead atoms. The number of fused-ring (bicyclic) bond motifs is 1. The summed E-state index contributed by atoms with van der Waals surface area (Å²) in [6.07, 6.45) is 5.43. The van der Waals surface area contributed by atoms with Crippen LogP contribution in [0.5, 0.6) is 0 Å². The number of amides is 1. The molecule has 0 spiro atoms. The Balaban J connectivity index is 1.71. The lowest BCUT2D eigenvalue weighted by Crippen LogP contribution is -2.23. The largest absolute Gasteiger partial charge is 0.382 e. The maximum absolute atomic E-state index is 12.5. The number of carbonyl (C=O) groups excluding carboxylic acids is 1. The van der Waals surface area contributed by atoms with Gasteiger partial charge in [-0.2, -0.15) is 0 Å². The molecule has 4 aromatic rings. The number of H-pyrrole nitrogens is 1. The highest BCUT2D eigenvalue weighted by molar-refractivity contribution is 5.96. The average molecular weight is 415 g/mol. The van der Waals surface area contributed by atoms with Crippen LogP contribution in [0.15, 0.2) is 59.8 Å². The summed E-state index contributed by atoms with van der Waals surface area (Å²) in [6, 6.07) is 10.5. The van der Waals surface area contributed by atoms with Crippen LogP contribution in [0.25, 0.3) is 22.2 Å². The molecule has 3 heterocycles. The van der Waals surface area contributed by atoms with Gasteiger partial charge in [0.25, 0.3) is 11.5 Å². The predicted octanol–water partition coefficient (Wildman–Crippen LogP) is 2.85. The molecule has 9 nitrogen and oxygen atoms in total. The molecule has 0 saturated carbocycles. The number of pyridine rings is 2. The second kappa shape index (κ2) is 8.62. The van der Waals surface area contributed by atoms with Crippen molar-refractivity contribution in [1.29, 1.82) is 0 Å². The SMILES string of the molecule is CCCNC(=O)c1ccc(Nc2nc(-c3cnc(N)cn3)cc3cc[nH]c(=O)c23)cc1. The van der Waals surface area contributed by atoms with Crippen LogP contribution >= 0.6 is 0 Å². The molecule has 1 amide bonds. The maximum atomic E-state index is 12.5. The minimum Gasteiger partial charge on any atom is -0.382 e. The van der Waals surface area contributed by atoms with E-state index < -0.39 is 0 Å². The fourth-order valence-electron chi connectivity index (χ4n) is 3.09. The van der Waals surface area contributed by atoms with Gasteiger partial charge in [-0.3, -0.25) is 9.59 Å². The van der Waals surface area contributed by atoms with E-state index in [0.717, 1.165) is 6.42 Å². The number of anilines is 3. The van der Waals surface area contributed by atoms with Gasteiger partial charge >= 0.3 is 0 Å². The zero-order chi connectivity index (χ0) is 21.8. The second-order valence-corrected chi connectivity index (χ2v) is 6.91. The van der Waals surface area contributed by atoms with E-state index in [0.29, 0.717) is 51.6 Å². The van der Waals surface area contributed by atoms with Crippen LogP contribution in [0.1, 0.15) is 23.7 Å². The molecule has 9 heteroatoms. The minimum absolute atomic E-state index is 0.127. The zero-order valence-corrected chi connectivity index (χ0v) is 16.8. The summed E-state index contributed by atoms with van der Waals surface area (Å²) in [4.78, 5) is 40.2. The van der Waals surface area contributed by atoms with E-state index in [4.69, 9.17) is 5.73 Å². The summed E-state index contributed by atoms with van der Waals surface area (Å²) in [5.74, 6) is 0.552. The smallest absolute Gasteiger partial charge is 0.259 e. The van der Waals surface area contributed by atoms with Gasteiger partial charge in [-0.05, 0) is 48.2 Å². The first-order valence-corrected chi connectivity index (χ1v) is 9.81. The molecule has 5 N–H and O–H groups in total. The van der Waals surface area contributed by atoms with Gasteiger partial charge in [0.15, 0.2) is 0 Å². The molecule has 3 aromatic heterocycles. The number of aromatic nitrogens is 4. The molecule has 0 atom stereocenters.